The normalized spacial score (nSPS) is 9.62. The smallest absolute Gasteiger partial charge is 2.00 e. The van der Waals surface area contributed by atoms with Crippen LogP contribution in [0.4, 0.5) is 0 Å². The topological polar surface area (TPSA) is 95.2 Å². The van der Waals surface area contributed by atoms with Crippen molar-refractivity contribution in [3.05, 3.63) is 32.3 Å². The van der Waals surface area contributed by atoms with Crippen LogP contribution in [0.1, 0.15) is 51.9 Å². The summed E-state index contributed by atoms with van der Waals surface area (Å²) in [5.74, 6) is 0.863. The molecule has 0 aromatic rings. The predicted octanol–water partition coefficient (Wildman–Crippen LogP) is 4.44. The van der Waals surface area contributed by atoms with Crippen molar-refractivity contribution < 1.29 is 45.0 Å². The average molecular weight is 425 g/mol. The number of rotatable bonds is 12. The van der Waals surface area contributed by atoms with E-state index in [1.165, 1.54) is 12.8 Å². The van der Waals surface area contributed by atoms with Crippen LogP contribution in [0.3, 0.4) is 0 Å². The Balaban J connectivity index is -0.000000189. The zero-order chi connectivity index (χ0) is 20.7. The summed E-state index contributed by atoms with van der Waals surface area (Å²) in [6, 6.07) is 0. The Morgan fingerprint density at radius 3 is 1.88 bits per heavy atom. The van der Waals surface area contributed by atoms with Gasteiger partial charge < -0.3 is 14.0 Å². The van der Waals surface area contributed by atoms with Crippen LogP contribution in [0.5, 0.6) is 0 Å². The molecule has 0 amide bonds. The number of hydrogen-bond donors (Lipinski definition) is 0. The van der Waals surface area contributed by atoms with Crippen molar-refractivity contribution in [2.45, 2.75) is 77.6 Å². The summed E-state index contributed by atoms with van der Waals surface area (Å²) in [7, 11) is -1.53. The zero-order valence-corrected chi connectivity index (χ0v) is 18.1. The first kappa shape index (κ1) is 36.0. The van der Waals surface area contributed by atoms with E-state index in [0.717, 1.165) is 37.9 Å². The molecule has 6 nitrogen and oxygen atoms in total. The molecule has 0 bridgehead atoms. The molecule has 0 rings (SSSR count). The van der Waals surface area contributed by atoms with Gasteiger partial charge in [0.05, 0.1) is 11.9 Å². The summed E-state index contributed by atoms with van der Waals surface area (Å²) in [5.41, 5.74) is 0. The summed E-state index contributed by atoms with van der Waals surface area (Å²) in [6.07, 6.45) is 7.07. The minimum atomic E-state index is -1.53. The molecule has 0 saturated carbocycles. The van der Waals surface area contributed by atoms with Gasteiger partial charge >= 0.3 is 51.0 Å². The molecule has 8 heteroatoms. The largest absolute Gasteiger partial charge is 2.00 e. The molecule has 26 heavy (non-hydrogen) atoms. The van der Waals surface area contributed by atoms with Crippen molar-refractivity contribution in [2.75, 3.05) is 0 Å². The van der Waals surface area contributed by atoms with E-state index in [2.05, 4.69) is 53.1 Å². The van der Waals surface area contributed by atoms with E-state index in [1.54, 1.807) is 6.47 Å². The second-order valence-electron chi connectivity index (χ2n) is 5.96. The van der Waals surface area contributed by atoms with Crippen molar-refractivity contribution in [2.24, 2.45) is 0 Å². The van der Waals surface area contributed by atoms with Crippen LogP contribution in [0, 0.1) is 20.0 Å². The number of hydrogen-bond acceptors (Lipinski definition) is 3. The average Bonchev–Trinajstić information content (AvgIpc) is 2.59. The van der Waals surface area contributed by atoms with Gasteiger partial charge in [-0.1, -0.05) is 32.8 Å². The number of unbranched alkanes of at least 4 members (excludes halogenated alkanes) is 2. The SMILES string of the molecule is C=C(CCC[C@@H](CCCCC)O[C-]=O)O[Si](C)(C)C.[C-]#[O+].[C-]#[O+].[C-]#[O+].[Fe+2]. The minimum absolute atomic E-state index is 0. The second kappa shape index (κ2) is 28.8. The second-order valence-corrected chi connectivity index (χ2v) is 10.4. The molecule has 0 spiro atoms. The van der Waals surface area contributed by atoms with E-state index in [9.17, 15) is 4.79 Å². The standard InChI is InChI=1S/C15H29O3Si.3CO.Fe/c1-6-7-8-11-15(17-13-16)12-9-10-14(2)18-19(3,4)5;3*1-2;/h15H,2,6-12H2,1,3-5H3;;;;/q-1;;;;+2/t15-;;;;/m1..../s1. The molecule has 0 aromatic heterocycles. The Bertz CT molecular complexity index is 360. The third kappa shape index (κ3) is 34.3. The maximum atomic E-state index is 10.3. The Morgan fingerprint density at radius 2 is 1.50 bits per heavy atom. The quantitative estimate of drug-likeness (QED) is 0.152. The molecular formula is C18H29FeO6Si+. The Labute approximate surface area is 169 Å². The van der Waals surface area contributed by atoms with Crippen molar-refractivity contribution >= 4 is 14.8 Å². The molecule has 0 fully saturated rings. The summed E-state index contributed by atoms with van der Waals surface area (Å²) in [6.45, 7) is 27.6. The van der Waals surface area contributed by atoms with E-state index in [1.807, 2.05) is 0 Å². The van der Waals surface area contributed by atoms with Gasteiger partial charge in [0.1, 0.15) is 0 Å². The fourth-order valence-corrected chi connectivity index (χ4v) is 2.93. The summed E-state index contributed by atoms with van der Waals surface area (Å²) in [5, 5.41) is 0. The van der Waals surface area contributed by atoms with Crippen LogP contribution in [0.15, 0.2) is 12.3 Å². The number of allylic oxidation sites excluding steroid dienone is 1. The van der Waals surface area contributed by atoms with Crippen LogP contribution >= 0.6 is 0 Å². The van der Waals surface area contributed by atoms with Crippen molar-refractivity contribution in [1.29, 1.82) is 0 Å². The van der Waals surface area contributed by atoms with Gasteiger partial charge in [0.15, 0.2) is 0 Å². The molecule has 0 aromatic carbocycles. The molecule has 1 atom stereocenters. The van der Waals surface area contributed by atoms with Crippen LogP contribution < -0.4 is 0 Å². The maximum absolute atomic E-state index is 10.3. The maximum Gasteiger partial charge on any atom is 2.00 e. The van der Waals surface area contributed by atoms with Gasteiger partial charge in [-0.15, -0.1) is 0 Å². The summed E-state index contributed by atoms with van der Waals surface area (Å²) < 4.78 is 33.3. The first-order chi connectivity index (χ1) is 11.9. The first-order valence-electron chi connectivity index (χ1n) is 7.90. The van der Waals surface area contributed by atoms with Gasteiger partial charge in [0, 0.05) is 6.42 Å². The Morgan fingerprint density at radius 1 is 1.04 bits per heavy atom. The molecule has 0 heterocycles. The fourth-order valence-electron chi connectivity index (χ4n) is 1.96. The molecule has 0 N–H and O–H groups in total. The van der Waals surface area contributed by atoms with E-state index in [0.29, 0.717) is 0 Å². The van der Waals surface area contributed by atoms with Crippen LogP contribution in [0.2, 0.25) is 19.6 Å². The van der Waals surface area contributed by atoms with Crippen LogP contribution in [0.25, 0.3) is 0 Å². The Hall–Kier alpha value is -1.03. The van der Waals surface area contributed by atoms with Crippen molar-refractivity contribution in [1.82, 2.24) is 0 Å². The van der Waals surface area contributed by atoms with Crippen molar-refractivity contribution in [3.8, 4) is 0 Å². The molecular weight excluding hydrogens is 396 g/mol. The van der Waals surface area contributed by atoms with Crippen LogP contribution in [-0.4, -0.2) is 20.9 Å². The van der Waals surface area contributed by atoms with E-state index >= 15 is 0 Å². The van der Waals surface area contributed by atoms with Gasteiger partial charge in [-0.05, 0) is 45.3 Å². The molecule has 0 radical (unpaired) electrons. The predicted molar refractivity (Wildman–Crippen MR) is 93.9 cm³/mol. The minimum Gasteiger partial charge on any atom is 2.00 e. The van der Waals surface area contributed by atoms with Crippen molar-refractivity contribution in [3.63, 3.8) is 0 Å². The first-order valence-corrected chi connectivity index (χ1v) is 11.3. The monoisotopic (exact) mass is 425 g/mol. The molecule has 0 saturated heterocycles. The number of ether oxygens (including phenoxy) is 1. The summed E-state index contributed by atoms with van der Waals surface area (Å²) in [4.78, 5) is 10.3. The molecule has 0 aliphatic heterocycles. The molecule has 0 aliphatic carbocycles. The van der Waals surface area contributed by atoms with E-state index in [4.69, 9.17) is 23.1 Å². The van der Waals surface area contributed by atoms with E-state index < -0.39 is 8.32 Å². The van der Waals surface area contributed by atoms with Gasteiger partial charge in [0.25, 0.3) is 0 Å². The molecule has 0 aliphatic rings. The molecule has 0 unspecified atom stereocenters. The van der Waals surface area contributed by atoms with Crippen LogP contribution in [-0.2, 0) is 45.0 Å². The van der Waals surface area contributed by atoms with Gasteiger partial charge in [-0.2, -0.15) is 0 Å². The third-order valence-electron chi connectivity index (χ3n) is 2.78. The van der Waals surface area contributed by atoms with Gasteiger partial charge in [-0.25, -0.2) is 0 Å². The third-order valence-corrected chi connectivity index (χ3v) is 3.68. The fraction of sp³-hybridized carbons (Fsp3) is 0.667. The number of carbonyl (C=O) groups excluding carboxylic acids is 1. The summed E-state index contributed by atoms with van der Waals surface area (Å²) >= 11 is 0. The van der Waals surface area contributed by atoms with E-state index in [-0.39, 0.29) is 23.2 Å². The Kier molecular flexibility index (Phi) is 39.8. The van der Waals surface area contributed by atoms with Gasteiger partial charge in [-0.3, -0.25) is 0 Å². The zero-order valence-electron chi connectivity index (χ0n) is 16.0. The van der Waals surface area contributed by atoms with Gasteiger partial charge in [0.2, 0.25) is 8.32 Å². The molecule has 148 valence electrons.